The zero-order chi connectivity index (χ0) is 18.8. The van der Waals surface area contributed by atoms with Crippen LogP contribution >= 0.6 is 11.8 Å². The fourth-order valence-electron chi connectivity index (χ4n) is 4.96. The van der Waals surface area contributed by atoms with Gasteiger partial charge in [-0.2, -0.15) is 0 Å². The van der Waals surface area contributed by atoms with E-state index in [-0.39, 0.29) is 11.8 Å². The maximum Gasteiger partial charge on any atom is 0.286 e. The third kappa shape index (κ3) is 1.83. The van der Waals surface area contributed by atoms with Crippen LogP contribution < -0.4 is 10.6 Å². The minimum atomic E-state index is -1.27. The van der Waals surface area contributed by atoms with Crippen LogP contribution in [0.1, 0.15) is 17.0 Å². The van der Waals surface area contributed by atoms with Gasteiger partial charge >= 0.3 is 0 Å². The Bertz CT molecular complexity index is 995. The Hall–Kier alpha value is -2.64. The zero-order valence-corrected chi connectivity index (χ0v) is 15.4. The highest BCUT2D eigenvalue weighted by Gasteiger charge is 2.77. The molecule has 0 aliphatic carbocycles. The summed E-state index contributed by atoms with van der Waals surface area (Å²) in [7, 11) is 1.85. The largest absolute Gasteiger partial charge is 0.324 e. The highest BCUT2D eigenvalue weighted by molar-refractivity contribution is 8.16. The van der Waals surface area contributed by atoms with Gasteiger partial charge in [0.1, 0.15) is 4.75 Å². The predicted octanol–water partition coefficient (Wildman–Crippen LogP) is 2.29. The molecule has 27 heavy (non-hydrogen) atoms. The number of rotatable bonds is 1. The summed E-state index contributed by atoms with van der Waals surface area (Å²) < 4.78 is -1.27. The van der Waals surface area contributed by atoms with Gasteiger partial charge in [-0.3, -0.25) is 24.6 Å². The molecule has 2 fully saturated rings. The number of nitrogens with zero attached hydrogens (tertiary/aromatic N) is 1. The lowest BCUT2D eigenvalue weighted by molar-refractivity contribution is -0.133. The maximum atomic E-state index is 13.4. The van der Waals surface area contributed by atoms with Gasteiger partial charge in [0.15, 0.2) is 5.54 Å². The van der Waals surface area contributed by atoms with Gasteiger partial charge in [-0.05, 0) is 30.4 Å². The molecule has 136 valence electrons. The number of likely N-dealkylation sites (tertiary alicyclic amines) is 1. The van der Waals surface area contributed by atoms with Crippen molar-refractivity contribution < 1.29 is 14.4 Å². The molecule has 3 heterocycles. The number of hydrogen-bond donors (Lipinski definition) is 2. The third-order valence-electron chi connectivity index (χ3n) is 5.96. The smallest absolute Gasteiger partial charge is 0.286 e. The quantitative estimate of drug-likeness (QED) is 0.795. The van der Waals surface area contributed by atoms with Crippen molar-refractivity contribution in [3.8, 4) is 0 Å². The Labute approximate surface area is 160 Å². The number of fused-ring (bicyclic) bond motifs is 3. The summed E-state index contributed by atoms with van der Waals surface area (Å²) in [4.78, 5) is 41.0. The second-order valence-electron chi connectivity index (χ2n) is 7.13. The fourth-order valence-corrected chi connectivity index (χ4v) is 6.40. The number of thioether (sulfide) groups is 1. The first-order valence-electron chi connectivity index (χ1n) is 8.73. The van der Waals surface area contributed by atoms with Gasteiger partial charge in [-0.25, -0.2) is 0 Å². The lowest BCUT2D eigenvalue weighted by Gasteiger charge is -2.41. The molecule has 0 unspecified atom stereocenters. The number of benzene rings is 2. The molecule has 2 saturated heterocycles. The molecule has 3 aliphatic rings. The Kier molecular flexibility index (Phi) is 3.33. The molecule has 2 aromatic carbocycles. The molecular weight excluding hydrogens is 362 g/mol. The highest BCUT2D eigenvalue weighted by atomic mass is 32.2. The molecule has 0 radical (unpaired) electrons. The topological polar surface area (TPSA) is 78.5 Å². The average molecular weight is 379 g/mol. The predicted molar refractivity (Wildman–Crippen MR) is 102 cm³/mol. The lowest BCUT2D eigenvalue weighted by atomic mass is 9.72. The van der Waals surface area contributed by atoms with E-state index < -0.39 is 21.4 Å². The monoisotopic (exact) mass is 379 g/mol. The summed E-state index contributed by atoms with van der Waals surface area (Å²) in [5.41, 5.74) is 1.13. The highest BCUT2D eigenvalue weighted by Crippen LogP contribution is 2.64. The molecule has 0 aromatic heterocycles. The first-order chi connectivity index (χ1) is 13.0. The zero-order valence-electron chi connectivity index (χ0n) is 14.6. The molecular formula is C20H17N3O3S. The summed E-state index contributed by atoms with van der Waals surface area (Å²) >= 11 is 0.952. The van der Waals surface area contributed by atoms with Crippen molar-refractivity contribution in [3.05, 3.63) is 65.7 Å². The van der Waals surface area contributed by atoms with Crippen molar-refractivity contribution in [2.24, 2.45) is 0 Å². The van der Waals surface area contributed by atoms with Crippen LogP contribution in [0.5, 0.6) is 0 Å². The average Bonchev–Trinajstić information content (AvgIpc) is 3.23. The number of nitrogens with one attached hydrogen (secondary N) is 2. The van der Waals surface area contributed by atoms with E-state index in [9.17, 15) is 14.4 Å². The molecule has 2 N–H and O–H groups in total. The Morgan fingerprint density at radius 2 is 1.67 bits per heavy atom. The molecule has 7 heteroatoms. The molecule has 6 nitrogen and oxygen atoms in total. The van der Waals surface area contributed by atoms with E-state index in [4.69, 9.17) is 0 Å². The lowest BCUT2D eigenvalue weighted by Crippen LogP contribution is -2.61. The van der Waals surface area contributed by atoms with E-state index in [1.807, 2.05) is 66.5 Å². The van der Waals surface area contributed by atoms with E-state index in [2.05, 4.69) is 10.6 Å². The molecule has 3 amide bonds. The summed E-state index contributed by atoms with van der Waals surface area (Å²) in [6.45, 7) is 0.486. The van der Waals surface area contributed by atoms with Crippen LogP contribution in [-0.2, 0) is 15.1 Å². The van der Waals surface area contributed by atoms with Crippen LogP contribution in [0.4, 0.5) is 10.5 Å². The first-order valence-corrected chi connectivity index (χ1v) is 9.55. The number of likely N-dealkylation sites (N-methyl/N-ethyl adjacent to an activating group) is 1. The molecule has 3 aliphatic heterocycles. The number of para-hydroxylation sites is 1. The Balaban J connectivity index is 1.83. The van der Waals surface area contributed by atoms with Gasteiger partial charge in [0.25, 0.3) is 11.1 Å². The van der Waals surface area contributed by atoms with E-state index in [0.717, 1.165) is 22.9 Å². The van der Waals surface area contributed by atoms with Gasteiger partial charge in [-0.1, -0.05) is 48.5 Å². The van der Waals surface area contributed by atoms with E-state index in [1.165, 1.54) is 0 Å². The van der Waals surface area contributed by atoms with Gasteiger partial charge in [-0.15, -0.1) is 0 Å². The standard InChI is InChI=1S/C20H17N3O3S/c1-23-11-14(12-7-3-2-4-8-12)20(17(25)22-18(26)27-20)19(23)13-9-5-6-10-15(13)21-16(19)24/h2-10,14H,11H2,1H3,(H,21,24)(H,22,25,26)/t14-,19+,20-/m1/s1. The molecule has 0 bridgehead atoms. The van der Waals surface area contributed by atoms with Crippen LogP contribution in [0.25, 0.3) is 0 Å². The normalized spacial score (nSPS) is 32.2. The van der Waals surface area contributed by atoms with Crippen LogP contribution in [0, 0.1) is 0 Å². The minimum absolute atomic E-state index is 0.262. The molecule has 2 aromatic rings. The Morgan fingerprint density at radius 1 is 0.963 bits per heavy atom. The summed E-state index contributed by atoms with van der Waals surface area (Å²) in [6.07, 6.45) is 0. The first kappa shape index (κ1) is 16.5. The van der Waals surface area contributed by atoms with E-state index in [0.29, 0.717) is 12.2 Å². The van der Waals surface area contributed by atoms with Crippen molar-refractivity contribution in [2.45, 2.75) is 16.2 Å². The van der Waals surface area contributed by atoms with Crippen molar-refractivity contribution in [1.82, 2.24) is 10.2 Å². The van der Waals surface area contributed by atoms with Crippen molar-refractivity contribution in [1.29, 1.82) is 0 Å². The van der Waals surface area contributed by atoms with Crippen LogP contribution in [-0.4, -0.2) is 40.3 Å². The van der Waals surface area contributed by atoms with Crippen LogP contribution in [0.15, 0.2) is 54.6 Å². The number of anilines is 1. The molecule has 3 atom stereocenters. The third-order valence-corrected chi connectivity index (χ3v) is 7.33. The van der Waals surface area contributed by atoms with Gasteiger partial charge in [0.05, 0.1) is 0 Å². The number of amides is 3. The number of imide groups is 1. The van der Waals surface area contributed by atoms with Crippen molar-refractivity contribution in [2.75, 3.05) is 18.9 Å². The van der Waals surface area contributed by atoms with Crippen LogP contribution in [0.2, 0.25) is 0 Å². The van der Waals surface area contributed by atoms with Gasteiger partial charge < -0.3 is 5.32 Å². The number of carbonyl (C=O) groups excluding carboxylic acids is 3. The molecule has 0 saturated carbocycles. The minimum Gasteiger partial charge on any atom is -0.324 e. The van der Waals surface area contributed by atoms with Crippen molar-refractivity contribution >= 4 is 34.5 Å². The summed E-state index contributed by atoms with van der Waals surface area (Å²) in [5.74, 6) is -0.971. The van der Waals surface area contributed by atoms with Gasteiger partial charge in [0, 0.05) is 23.7 Å². The number of hydrogen-bond acceptors (Lipinski definition) is 5. The SMILES string of the molecule is CN1C[C@H](c2ccccc2)[C@]2(SC(=O)NC2=O)[C@]12C(=O)Nc1ccccc12. The summed E-state index contributed by atoms with van der Waals surface area (Å²) in [5, 5.41) is 4.98. The van der Waals surface area contributed by atoms with Crippen LogP contribution in [0.3, 0.4) is 0 Å². The van der Waals surface area contributed by atoms with Crippen molar-refractivity contribution in [3.63, 3.8) is 0 Å². The number of carbonyl (C=O) groups is 3. The second kappa shape index (κ2) is 5.43. The molecule has 5 rings (SSSR count). The Morgan fingerprint density at radius 3 is 2.37 bits per heavy atom. The van der Waals surface area contributed by atoms with Gasteiger partial charge in [0.2, 0.25) is 5.91 Å². The van der Waals surface area contributed by atoms with E-state index in [1.54, 1.807) is 0 Å². The summed E-state index contributed by atoms with van der Waals surface area (Å²) in [6, 6.07) is 17.1. The molecule has 2 spiro atoms. The van der Waals surface area contributed by atoms with E-state index >= 15 is 0 Å². The fraction of sp³-hybridized carbons (Fsp3) is 0.250. The maximum absolute atomic E-state index is 13.4. The second-order valence-corrected chi connectivity index (χ2v) is 8.35.